The second-order valence-electron chi connectivity index (χ2n) is 7.93. The van der Waals surface area contributed by atoms with Crippen LogP contribution >= 0.6 is 0 Å². The van der Waals surface area contributed by atoms with E-state index in [1.807, 2.05) is 25.1 Å². The number of piperidine rings is 1. The summed E-state index contributed by atoms with van der Waals surface area (Å²) in [7, 11) is 0. The van der Waals surface area contributed by atoms with Crippen molar-refractivity contribution in [2.45, 2.75) is 26.7 Å². The van der Waals surface area contributed by atoms with Crippen LogP contribution in [0, 0.1) is 18.7 Å². The molecule has 1 saturated heterocycles. The standard InChI is InChI=1S/C24H27FN4O2/c1-3-31-24(30)26-14-17-7-6-12-29(15-17)23-19-11-10-16(2)13-21(19)27-22(28-23)18-8-4-5-9-20(18)25/h4-5,8-11,13,17H,3,6-7,12,14-15H2,1-2H3,(H,26,30)/t17-/m0/s1. The van der Waals surface area contributed by atoms with E-state index in [4.69, 9.17) is 9.72 Å². The van der Waals surface area contributed by atoms with Gasteiger partial charge in [0.2, 0.25) is 0 Å². The van der Waals surface area contributed by atoms with Crippen LogP contribution in [0.2, 0.25) is 0 Å². The number of ether oxygens (including phenoxy) is 1. The maximum absolute atomic E-state index is 14.5. The van der Waals surface area contributed by atoms with Gasteiger partial charge in [0, 0.05) is 25.0 Å². The van der Waals surface area contributed by atoms with Crippen LogP contribution in [0.1, 0.15) is 25.3 Å². The Morgan fingerprint density at radius 1 is 1.26 bits per heavy atom. The van der Waals surface area contributed by atoms with Crippen LogP contribution in [0.4, 0.5) is 15.0 Å². The highest BCUT2D eigenvalue weighted by Gasteiger charge is 2.24. The zero-order chi connectivity index (χ0) is 21.8. The number of amides is 1. The summed E-state index contributed by atoms with van der Waals surface area (Å²) in [6.45, 7) is 6.32. The molecule has 6 nitrogen and oxygen atoms in total. The van der Waals surface area contributed by atoms with E-state index in [2.05, 4.69) is 15.2 Å². The topological polar surface area (TPSA) is 67.3 Å². The number of anilines is 1. The summed E-state index contributed by atoms with van der Waals surface area (Å²) in [6, 6.07) is 12.7. The quantitative estimate of drug-likeness (QED) is 0.645. The van der Waals surface area contributed by atoms with Gasteiger partial charge in [0.05, 0.1) is 17.7 Å². The molecule has 1 N–H and O–H groups in total. The Hall–Kier alpha value is -3.22. The number of hydrogen-bond donors (Lipinski definition) is 1. The van der Waals surface area contributed by atoms with E-state index in [1.165, 1.54) is 6.07 Å². The van der Waals surface area contributed by atoms with E-state index in [0.29, 0.717) is 24.5 Å². The number of hydrogen-bond acceptors (Lipinski definition) is 5. The van der Waals surface area contributed by atoms with Crippen molar-refractivity contribution in [1.29, 1.82) is 0 Å². The lowest BCUT2D eigenvalue weighted by Gasteiger charge is -2.34. The SMILES string of the molecule is CCOC(=O)NC[C@@H]1CCCN(c2nc(-c3ccccc3F)nc3cc(C)ccc23)C1. The third-order valence-electron chi connectivity index (χ3n) is 5.58. The molecule has 1 fully saturated rings. The van der Waals surface area contributed by atoms with Crippen molar-refractivity contribution >= 4 is 22.8 Å². The number of rotatable bonds is 5. The summed E-state index contributed by atoms with van der Waals surface area (Å²) >= 11 is 0. The lowest BCUT2D eigenvalue weighted by molar-refractivity contribution is 0.150. The minimum atomic E-state index is -0.385. The van der Waals surface area contributed by atoms with Crippen molar-refractivity contribution < 1.29 is 13.9 Å². The molecule has 0 radical (unpaired) electrons. The predicted molar refractivity (Wildman–Crippen MR) is 120 cm³/mol. The van der Waals surface area contributed by atoms with Crippen LogP contribution in [-0.2, 0) is 4.74 Å². The summed E-state index contributed by atoms with van der Waals surface area (Å²) in [4.78, 5) is 23.4. The number of carbonyl (C=O) groups excluding carboxylic acids is 1. The summed E-state index contributed by atoms with van der Waals surface area (Å²) in [5, 5.41) is 3.79. The first-order chi connectivity index (χ1) is 15.0. The highest BCUT2D eigenvalue weighted by atomic mass is 19.1. The lowest BCUT2D eigenvalue weighted by atomic mass is 9.97. The molecule has 0 spiro atoms. The van der Waals surface area contributed by atoms with E-state index in [-0.39, 0.29) is 17.8 Å². The molecule has 162 valence electrons. The van der Waals surface area contributed by atoms with Gasteiger partial charge in [-0.1, -0.05) is 18.2 Å². The van der Waals surface area contributed by atoms with Crippen molar-refractivity contribution in [3.8, 4) is 11.4 Å². The van der Waals surface area contributed by atoms with Crippen LogP contribution in [0.5, 0.6) is 0 Å². The molecule has 2 aromatic carbocycles. The third-order valence-corrected chi connectivity index (χ3v) is 5.58. The molecule has 31 heavy (non-hydrogen) atoms. The molecule has 1 aliphatic heterocycles. The van der Waals surface area contributed by atoms with Crippen LogP contribution in [0.25, 0.3) is 22.3 Å². The van der Waals surface area contributed by atoms with Crippen molar-refractivity contribution in [2.24, 2.45) is 5.92 Å². The van der Waals surface area contributed by atoms with Gasteiger partial charge in [0.1, 0.15) is 11.6 Å². The molecule has 2 heterocycles. The van der Waals surface area contributed by atoms with Gasteiger partial charge in [-0.3, -0.25) is 0 Å². The highest BCUT2D eigenvalue weighted by molar-refractivity contribution is 5.91. The van der Waals surface area contributed by atoms with Gasteiger partial charge in [-0.25, -0.2) is 19.2 Å². The number of alkyl carbamates (subject to hydrolysis) is 1. The largest absolute Gasteiger partial charge is 0.450 e. The molecule has 1 atom stereocenters. The fraction of sp³-hybridized carbons (Fsp3) is 0.375. The second-order valence-corrected chi connectivity index (χ2v) is 7.93. The Morgan fingerprint density at radius 3 is 2.90 bits per heavy atom. The van der Waals surface area contributed by atoms with Gasteiger partial charge in [-0.15, -0.1) is 0 Å². The molecule has 4 rings (SSSR count). The first kappa shape index (κ1) is 21.0. The number of aryl methyl sites for hydroxylation is 1. The van der Waals surface area contributed by atoms with Crippen molar-refractivity contribution in [3.63, 3.8) is 0 Å². The van der Waals surface area contributed by atoms with E-state index < -0.39 is 0 Å². The molecule has 0 unspecified atom stereocenters. The van der Waals surface area contributed by atoms with Crippen molar-refractivity contribution in [1.82, 2.24) is 15.3 Å². The molecule has 0 aliphatic carbocycles. The van der Waals surface area contributed by atoms with Crippen LogP contribution in [0.15, 0.2) is 42.5 Å². The molecule has 1 aromatic heterocycles. The minimum absolute atomic E-state index is 0.283. The summed E-state index contributed by atoms with van der Waals surface area (Å²) in [6.07, 6.45) is 1.62. The minimum Gasteiger partial charge on any atom is -0.450 e. The van der Waals surface area contributed by atoms with Gasteiger partial charge in [-0.05, 0) is 62.4 Å². The smallest absolute Gasteiger partial charge is 0.407 e. The Labute approximate surface area is 181 Å². The number of halogens is 1. The Balaban J connectivity index is 1.67. The molecule has 0 saturated carbocycles. The fourth-order valence-corrected chi connectivity index (χ4v) is 4.06. The van der Waals surface area contributed by atoms with Crippen LogP contribution in [0.3, 0.4) is 0 Å². The van der Waals surface area contributed by atoms with Crippen LogP contribution in [-0.4, -0.2) is 42.3 Å². The predicted octanol–water partition coefficient (Wildman–Crippen LogP) is 4.71. The molecule has 1 aliphatic rings. The Kier molecular flexibility index (Phi) is 6.30. The van der Waals surface area contributed by atoms with Gasteiger partial charge < -0.3 is 15.0 Å². The number of nitrogens with one attached hydrogen (secondary N) is 1. The molecular formula is C24H27FN4O2. The number of aromatic nitrogens is 2. The summed E-state index contributed by atoms with van der Waals surface area (Å²) < 4.78 is 19.5. The Bertz CT molecular complexity index is 1090. The second kappa shape index (κ2) is 9.29. The third kappa shape index (κ3) is 4.76. The zero-order valence-corrected chi connectivity index (χ0v) is 17.9. The number of nitrogens with zero attached hydrogens (tertiary/aromatic N) is 3. The maximum Gasteiger partial charge on any atom is 0.407 e. The van der Waals surface area contributed by atoms with Gasteiger partial charge in [0.15, 0.2) is 5.82 Å². The molecule has 7 heteroatoms. The first-order valence-corrected chi connectivity index (χ1v) is 10.7. The first-order valence-electron chi connectivity index (χ1n) is 10.7. The lowest BCUT2D eigenvalue weighted by Crippen LogP contribution is -2.41. The monoisotopic (exact) mass is 422 g/mol. The Morgan fingerprint density at radius 2 is 2.10 bits per heavy atom. The average Bonchev–Trinajstić information content (AvgIpc) is 2.77. The van der Waals surface area contributed by atoms with Gasteiger partial charge >= 0.3 is 6.09 Å². The molecule has 3 aromatic rings. The normalized spacial score (nSPS) is 16.4. The number of benzene rings is 2. The summed E-state index contributed by atoms with van der Waals surface area (Å²) in [5.41, 5.74) is 2.28. The van der Waals surface area contributed by atoms with E-state index in [9.17, 15) is 9.18 Å². The summed E-state index contributed by atoms with van der Waals surface area (Å²) in [5.74, 6) is 1.14. The van der Waals surface area contributed by atoms with E-state index >= 15 is 0 Å². The van der Waals surface area contributed by atoms with Gasteiger partial charge in [-0.2, -0.15) is 0 Å². The van der Waals surface area contributed by atoms with Crippen LogP contribution < -0.4 is 10.2 Å². The van der Waals surface area contributed by atoms with Gasteiger partial charge in [0.25, 0.3) is 0 Å². The highest BCUT2D eigenvalue weighted by Crippen LogP contribution is 2.31. The molecular weight excluding hydrogens is 395 g/mol. The average molecular weight is 423 g/mol. The van der Waals surface area contributed by atoms with Crippen molar-refractivity contribution in [3.05, 3.63) is 53.8 Å². The zero-order valence-electron chi connectivity index (χ0n) is 17.9. The number of fused-ring (bicyclic) bond motifs is 1. The fourth-order valence-electron chi connectivity index (χ4n) is 4.06. The molecule has 1 amide bonds. The number of carbonyl (C=O) groups is 1. The molecule has 0 bridgehead atoms. The maximum atomic E-state index is 14.5. The van der Waals surface area contributed by atoms with E-state index in [1.54, 1.807) is 25.1 Å². The van der Waals surface area contributed by atoms with E-state index in [0.717, 1.165) is 48.2 Å². The van der Waals surface area contributed by atoms with Crippen molar-refractivity contribution in [2.75, 3.05) is 31.1 Å².